The maximum Gasteiger partial charge on any atom is 0.335 e. The van der Waals surface area contributed by atoms with Crippen LogP contribution in [-0.2, 0) is 10.0 Å². The minimum atomic E-state index is -3.96. The number of carbonyl (C=O) groups is 1. The number of carbonyl (C=O) groups excluding carboxylic acids is 1. The monoisotopic (exact) mass is 484 g/mol. The molecule has 0 bridgehead atoms. The Morgan fingerprint density at radius 1 is 1.06 bits per heavy atom. The first-order valence-electron chi connectivity index (χ1n) is 9.80. The van der Waals surface area contributed by atoms with E-state index in [9.17, 15) is 22.8 Å². The Bertz CT molecular complexity index is 1590. The molecule has 2 amide bonds. The van der Waals surface area contributed by atoms with Crippen LogP contribution in [0, 0.1) is 13.8 Å². The van der Waals surface area contributed by atoms with E-state index in [1.807, 2.05) is 13.8 Å². The fourth-order valence-corrected chi connectivity index (χ4v) is 5.49. The molecular formula is C22H20N4O5S2. The summed E-state index contributed by atoms with van der Waals surface area (Å²) < 4.78 is 26.7. The van der Waals surface area contributed by atoms with Crippen LogP contribution in [-0.4, -0.2) is 35.4 Å². The van der Waals surface area contributed by atoms with Gasteiger partial charge in [-0.25, -0.2) is 26.9 Å². The van der Waals surface area contributed by atoms with Crippen LogP contribution in [0.4, 0.5) is 10.5 Å². The maximum absolute atomic E-state index is 13.0. The Labute approximate surface area is 193 Å². The number of thiophene rings is 1. The van der Waals surface area contributed by atoms with Gasteiger partial charge < -0.3 is 10.3 Å². The number of urea groups is 1. The SMILES string of the molecule is Cc1cc2[nH]c(=O)n(-c3ccc(NC(=O)N(C)S(=O)(=O)c4cccs4)cc3)c(=O)c2cc1C. The first-order chi connectivity index (χ1) is 15.6. The Morgan fingerprint density at radius 2 is 1.73 bits per heavy atom. The standard InChI is InChI=1S/C22H20N4O5S2/c1-13-11-17-18(12-14(13)2)24-22(29)26(20(17)27)16-8-6-15(7-9-16)23-21(28)25(3)33(30,31)19-5-4-10-32-19/h4-12H,1-3H3,(H,23,28)(H,24,29). The molecule has 0 aliphatic rings. The molecule has 0 fully saturated rings. The highest BCUT2D eigenvalue weighted by molar-refractivity contribution is 7.91. The molecular weight excluding hydrogens is 464 g/mol. The number of aromatic nitrogens is 2. The van der Waals surface area contributed by atoms with Gasteiger partial charge in [-0.05, 0) is 72.8 Å². The van der Waals surface area contributed by atoms with Gasteiger partial charge in [0.2, 0.25) is 0 Å². The lowest BCUT2D eigenvalue weighted by Crippen LogP contribution is -2.36. The number of anilines is 1. The van der Waals surface area contributed by atoms with Crippen molar-refractivity contribution in [2.75, 3.05) is 12.4 Å². The molecule has 0 saturated carbocycles. The largest absolute Gasteiger partial charge is 0.335 e. The summed E-state index contributed by atoms with van der Waals surface area (Å²) in [7, 11) is -2.79. The van der Waals surface area contributed by atoms with E-state index in [1.165, 1.54) is 30.3 Å². The van der Waals surface area contributed by atoms with Gasteiger partial charge in [0.1, 0.15) is 4.21 Å². The molecule has 0 aliphatic heterocycles. The number of sulfonamides is 1. The normalized spacial score (nSPS) is 11.5. The number of fused-ring (bicyclic) bond motifs is 1. The summed E-state index contributed by atoms with van der Waals surface area (Å²) >= 11 is 1.01. The summed E-state index contributed by atoms with van der Waals surface area (Å²) in [4.78, 5) is 40.8. The summed E-state index contributed by atoms with van der Waals surface area (Å²) in [6.07, 6.45) is 0. The van der Waals surface area contributed by atoms with E-state index < -0.39 is 27.3 Å². The average Bonchev–Trinajstić information content (AvgIpc) is 3.32. The van der Waals surface area contributed by atoms with Gasteiger partial charge in [0, 0.05) is 12.7 Å². The second-order valence-corrected chi connectivity index (χ2v) is 10.6. The number of nitrogens with zero attached hydrogens (tertiary/aromatic N) is 2. The van der Waals surface area contributed by atoms with Crippen molar-refractivity contribution in [3.63, 3.8) is 0 Å². The predicted octanol–water partition coefficient (Wildman–Crippen LogP) is 3.21. The molecule has 4 aromatic rings. The van der Waals surface area contributed by atoms with Gasteiger partial charge in [-0.15, -0.1) is 11.3 Å². The number of amides is 2. The van der Waals surface area contributed by atoms with Gasteiger partial charge in [-0.1, -0.05) is 6.07 Å². The van der Waals surface area contributed by atoms with Crippen LogP contribution in [0.3, 0.4) is 0 Å². The van der Waals surface area contributed by atoms with Crippen LogP contribution < -0.4 is 16.6 Å². The molecule has 2 heterocycles. The van der Waals surface area contributed by atoms with Crippen LogP contribution in [0.1, 0.15) is 11.1 Å². The van der Waals surface area contributed by atoms with Crippen LogP contribution >= 0.6 is 11.3 Å². The minimum Gasteiger partial charge on any atom is -0.307 e. The smallest absolute Gasteiger partial charge is 0.307 e. The van der Waals surface area contributed by atoms with Crippen molar-refractivity contribution in [2.45, 2.75) is 18.1 Å². The number of hydrogen-bond acceptors (Lipinski definition) is 6. The van der Waals surface area contributed by atoms with Gasteiger partial charge in [-0.3, -0.25) is 4.79 Å². The van der Waals surface area contributed by atoms with Crippen LogP contribution in [0.2, 0.25) is 0 Å². The van der Waals surface area contributed by atoms with Crippen LogP contribution in [0.15, 0.2) is 67.7 Å². The molecule has 2 aromatic heterocycles. The van der Waals surface area contributed by atoms with Gasteiger partial charge in [0.05, 0.1) is 16.6 Å². The zero-order chi connectivity index (χ0) is 23.9. The number of hydrogen-bond donors (Lipinski definition) is 2. The van der Waals surface area contributed by atoms with Crippen molar-refractivity contribution >= 4 is 44.0 Å². The predicted molar refractivity (Wildman–Crippen MR) is 128 cm³/mol. The van der Waals surface area contributed by atoms with Crippen molar-refractivity contribution in [3.05, 3.63) is 85.9 Å². The average molecular weight is 485 g/mol. The molecule has 0 atom stereocenters. The van der Waals surface area contributed by atoms with E-state index >= 15 is 0 Å². The number of rotatable bonds is 4. The van der Waals surface area contributed by atoms with Crippen LogP contribution in [0.5, 0.6) is 0 Å². The van der Waals surface area contributed by atoms with Crippen LogP contribution in [0.25, 0.3) is 16.6 Å². The van der Waals surface area contributed by atoms with Crippen molar-refractivity contribution < 1.29 is 13.2 Å². The van der Waals surface area contributed by atoms with E-state index in [0.717, 1.165) is 34.1 Å². The van der Waals surface area contributed by atoms with E-state index in [-0.39, 0.29) is 4.21 Å². The number of benzene rings is 2. The van der Waals surface area contributed by atoms with Gasteiger partial charge in [0.25, 0.3) is 15.6 Å². The zero-order valence-corrected chi connectivity index (χ0v) is 19.6. The maximum atomic E-state index is 13.0. The second kappa shape index (κ2) is 8.34. The lowest BCUT2D eigenvalue weighted by molar-refractivity contribution is 0.240. The Kier molecular flexibility index (Phi) is 5.68. The van der Waals surface area contributed by atoms with E-state index in [2.05, 4.69) is 10.3 Å². The lowest BCUT2D eigenvalue weighted by Gasteiger charge is -2.17. The molecule has 0 saturated heterocycles. The molecule has 0 spiro atoms. The summed E-state index contributed by atoms with van der Waals surface area (Å²) in [5.41, 5.74) is 1.90. The molecule has 11 heteroatoms. The highest BCUT2D eigenvalue weighted by Crippen LogP contribution is 2.21. The molecule has 33 heavy (non-hydrogen) atoms. The number of nitrogens with one attached hydrogen (secondary N) is 2. The number of aromatic amines is 1. The Morgan fingerprint density at radius 3 is 2.36 bits per heavy atom. The number of aryl methyl sites for hydroxylation is 2. The Hall–Kier alpha value is -3.70. The highest BCUT2D eigenvalue weighted by atomic mass is 32.2. The van der Waals surface area contributed by atoms with Gasteiger partial charge in [-0.2, -0.15) is 0 Å². The van der Waals surface area contributed by atoms with Crippen molar-refractivity contribution in [3.8, 4) is 5.69 Å². The number of H-pyrrole nitrogens is 1. The van der Waals surface area contributed by atoms with Gasteiger partial charge >= 0.3 is 11.7 Å². The minimum absolute atomic E-state index is 0.0517. The van der Waals surface area contributed by atoms with Crippen molar-refractivity contribution in [2.24, 2.45) is 0 Å². The van der Waals surface area contributed by atoms with E-state index in [1.54, 1.807) is 23.6 Å². The first-order valence-corrected chi connectivity index (χ1v) is 12.1. The third-order valence-electron chi connectivity index (χ3n) is 5.28. The molecule has 0 aliphatic carbocycles. The van der Waals surface area contributed by atoms with Gasteiger partial charge in [0.15, 0.2) is 0 Å². The second-order valence-electron chi connectivity index (χ2n) is 7.43. The molecule has 0 radical (unpaired) electrons. The molecule has 0 unspecified atom stereocenters. The van der Waals surface area contributed by atoms with Crippen molar-refractivity contribution in [1.82, 2.24) is 13.9 Å². The fraction of sp³-hybridized carbons (Fsp3) is 0.136. The summed E-state index contributed by atoms with van der Waals surface area (Å²) in [6, 6.07) is 11.6. The topological polar surface area (TPSA) is 121 Å². The van der Waals surface area contributed by atoms with E-state index in [4.69, 9.17) is 0 Å². The third kappa shape index (κ3) is 4.08. The molecule has 2 N–H and O–H groups in total. The quantitative estimate of drug-likeness (QED) is 0.461. The zero-order valence-electron chi connectivity index (χ0n) is 17.9. The summed E-state index contributed by atoms with van der Waals surface area (Å²) in [5.74, 6) is 0. The molecule has 9 nitrogen and oxygen atoms in total. The molecule has 2 aromatic carbocycles. The molecule has 170 valence electrons. The van der Waals surface area contributed by atoms with Crippen molar-refractivity contribution in [1.29, 1.82) is 0 Å². The lowest BCUT2D eigenvalue weighted by atomic mass is 10.1. The Balaban J connectivity index is 1.62. The first kappa shape index (κ1) is 22.5. The highest BCUT2D eigenvalue weighted by Gasteiger charge is 2.26. The summed E-state index contributed by atoms with van der Waals surface area (Å²) in [5, 5.41) is 4.49. The fourth-order valence-electron chi connectivity index (χ4n) is 3.27. The molecule has 4 rings (SSSR count). The van der Waals surface area contributed by atoms with E-state index in [0.29, 0.717) is 26.6 Å². The third-order valence-corrected chi connectivity index (χ3v) is 8.40. The summed E-state index contributed by atoms with van der Waals surface area (Å²) in [6.45, 7) is 3.78.